The Morgan fingerprint density at radius 2 is 1.62 bits per heavy atom. The maximum absolute atomic E-state index is 11.8. The van der Waals surface area contributed by atoms with Gasteiger partial charge in [-0.3, -0.25) is 0 Å². The molecule has 16 heavy (non-hydrogen) atoms. The lowest BCUT2D eigenvalue weighted by molar-refractivity contribution is -0.435. The molecule has 0 aliphatic carbocycles. The summed E-state index contributed by atoms with van der Waals surface area (Å²) in [4.78, 5) is 0.709. The summed E-state index contributed by atoms with van der Waals surface area (Å²) in [5.74, 6) is 0. The van der Waals surface area contributed by atoms with Gasteiger partial charge in [0, 0.05) is 23.2 Å². The molecule has 0 saturated heterocycles. The highest BCUT2D eigenvalue weighted by molar-refractivity contribution is 5.52. The van der Waals surface area contributed by atoms with E-state index in [4.69, 9.17) is 0 Å². The van der Waals surface area contributed by atoms with E-state index < -0.39 is 0 Å². The van der Waals surface area contributed by atoms with Crippen molar-refractivity contribution in [3.8, 4) is 0 Å². The van der Waals surface area contributed by atoms with Crippen LogP contribution in [0.1, 0.15) is 11.1 Å². The third-order valence-corrected chi connectivity index (χ3v) is 2.77. The summed E-state index contributed by atoms with van der Waals surface area (Å²) in [6, 6.07) is 15.3. The van der Waals surface area contributed by atoms with E-state index in [1.165, 1.54) is 0 Å². The molecule has 3 rings (SSSR count). The maximum atomic E-state index is 11.8. The molecule has 0 saturated carbocycles. The number of rotatable bonds is 0. The summed E-state index contributed by atoms with van der Waals surface area (Å²) in [6.45, 7) is 0. The van der Waals surface area contributed by atoms with Crippen LogP contribution in [-0.4, -0.2) is 4.86 Å². The molecule has 0 atom stereocenters. The van der Waals surface area contributed by atoms with Gasteiger partial charge in [0.2, 0.25) is 5.69 Å². The van der Waals surface area contributed by atoms with Gasteiger partial charge >= 0.3 is 0 Å². The maximum Gasteiger partial charge on any atom is 0.248 e. The largest absolute Gasteiger partial charge is 0.594 e. The Morgan fingerprint density at radius 3 is 2.50 bits per heavy atom. The van der Waals surface area contributed by atoms with Gasteiger partial charge in [-0.2, -0.15) is 0 Å². The second kappa shape index (κ2) is 3.45. The first-order valence-electron chi connectivity index (χ1n) is 5.19. The second-order valence-corrected chi connectivity index (χ2v) is 3.81. The van der Waals surface area contributed by atoms with Crippen molar-refractivity contribution in [3.05, 3.63) is 64.9 Å². The minimum absolute atomic E-state index is 0.638. The predicted octanol–water partition coefficient (Wildman–Crippen LogP) is 3.52. The average Bonchev–Trinajstić information content (AvgIpc) is 2.45. The van der Waals surface area contributed by atoms with Crippen molar-refractivity contribution in [1.29, 1.82) is 0 Å². The molecule has 0 N–H and O–H groups in total. The molecule has 3 heteroatoms. The van der Waals surface area contributed by atoms with Crippen molar-refractivity contribution in [2.45, 2.75) is 6.42 Å². The number of nitrogens with zero attached hydrogens (tertiary/aromatic N) is 2. The fraction of sp³-hybridized carbons (Fsp3) is 0.0769. The van der Waals surface area contributed by atoms with E-state index in [0.29, 0.717) is 10.5 Å². The zero-order valence-electron chi connectivity index (χ0n) is 8.63. The number of para-hydroxylation sites is 1. The van der Waals surface area contributed by atoms with Crippen LogP contribution in [0.4, 0.5) is 11.4 Å². The molecular weight excluding hydrogens is 200 g/mol. The third kappa shape index (κ3) is 1.37. The van der Waals surface area contributed by atoms with Gasteiger partial charge in [-0.15, -0.1) is 0 Å². The van der Waals surface area contributed by atoms with Crippen LogP contribution in [0.5, 0.6) is 0 Å². The molecule has 0 radical (unpaired) electrons. The standard InChI is InChI=1S/C13H10N2O/c16-15-13-8-4-2-6-11(13)9-10-5-1-3-7-12(10)14-15/h1-8H,9H2. The van der Waals surface area contributed by atoms with Crippen molar-refractivity contribution in [1.82, 2.24) is 0 Å². The molecule has 0 bridgehead atoms. The summed E-state index contributed by atoms with van der Waals surface area (Å²) in [5.41, 5.74) is 3.51. The number of hydrogen-bond donors (Lipinski definition) is 0. The highest BCUT2D eigenvalue weighted by atomic mass is 16.5. The van der Waals surface area contributed by atoms with E-state index in [-0.39, 0.29) is 0 Å². The first-order chi connectivity index (χ1) is 7.84. The van der Waals surface area contributed by atoms with Crippen molar-refractivity contribution in [2.75, 3.05) is 0 Å². The topological polar surface area (TPSA) is 38.4 Å². The minimum atomic E-state index is 0.638. The van der Waals surface area contributed by atoms with Gasteiger partial charge in [-0.1, -0.05) is 36.4 Å². The third-order valence-electron chi connectivity index (χ3n) is 2.77. The molecule has 2 aromatic rings. The first kappa shape index (κ1) is 9.09. The van der Waals surface area contributed by atoms with Crippen LogP contribution in [0.2, 0.25) is 0 Å². The number of hydrogen-bond acceptors (Lipinski definition) is 2. The summed E-state index contributed by atoms with van der Waals surface area (Å²) in [6.07, 6.45) is 0.759. The molecule has 1 aliphatic heterocycles. The molecule has 0 fully saturated rings. The number of benzene rings is 2. The molecular formula is C13H10N2O. The predicted molar refractivity (Wildman–Crippen MR) is 61.1 cm³/mol. The fourth-order valence-electron chi connectivity index (χ4n) is 1.96. The van der Waals surface area contributed by atoms with Crippen LogP contribution in [0.15, 0.2) is 53.6 Å². The quantitative estimate of drug-likeness (QED) is 0.484. The van der Waals surface area contributed by atoms with Crippen LogP contribution >= 0.6 is 0 Å². The zero-order chi connectivity index (χ0) is 11.0. The van der Waals surface area contributed by atoms with Crippen LogP contribution in [0, 0.1) is 5.21 Å². The number of azo groups is 1. The Kier molecular flexibility index (Phi) is 1.96. The molecule has 3 nitrogen and oxygen atoms in total. The van der Waals surface area contributed by atoms with Gasteiger partial charge in [-0.25, -0.2) is 0 Å². The van der Waals surface area contributed by atoms with Crippen molar-refractivity contribution >= 4 is 11.4 Å². The first-order valence-corrected chi connectivity index (χ1v) is 5.19. The van der Waals surface area contributed by atoms with Crippen molar-refractivity contribution < 1.29 is 4.86 Å². The summed E-state index contributed by atoms with van der Waals surface area (Å²) >= 11 is 0. The highest BCUT2D eigenvalue weighted by Crippen LogP contribution is 2.31. The van der Waals surface area contributed by atoms with Gasteiger partial charge in [-0.05, 0) is 16.5 Å². The Bertz CT molecular complexity index is 576. The van der Waals surface area contributed by atoms with Gasteiger partial charge < -0.3 is 5.21 Å². The monoisotopic (exact) mass is 210 g/mol. The average molecular weight is 210 g/mol. The lowest BCUT2D eigenvalue weighted by Crippen LogP contribution is -1.93. The minimum Gasteiger partial charge on any atom is -0.594 e. The zero-order valence-corrected chi connectivity index (χ0v) is 8.63. The molecule has 78 valence electrons. The lowest BCUT2D eigenvalue weighted by atomic mass is 10.0. The molecule has 0 aromatic heterocycles. The Hall–Kier alpha value is -2.16. The smallest absolute Gasteiger partial charge is 0.248 e. The van der Waals surface area contributed by atoms with Crippen LogP contribution in [-0.2, 0) is 6.42 Å². The Labute approximate surface area is 93.3 Å². The van der Waals surface area contributed by atoms with Crippen LogP contribution in [0.25, 0.3) is 0 Å². The number of fused-ring (bicyclic) bond motifs is 2. The van der Waals surface area contributed by atoms with Gasteiger partial charge in [0.05, 0.1) is 0 Å². The Balaban J connectivity index is 2.25. The highest BCUT2D eigenvalue weighted by Gasteiger charge is 2.17. The van der Waals surface area contributed by atoms with E-state index in [1.54, 1.807) is 6.07 Å². The second-order valence-electron chi connectivity index (χ2n) is 3.81. The summed E-state index contributed by atoms with van der Waals surface area (Å²) < 4.78 is 0. The summed E-state index contributed by atoms with van der Waals surface area (Å²) in [7, 11) is 0. The van der Waals surface area contributed by atoms with E-state index in [0.717, 1.165) is 23.2 Å². The Morgan fingerprint density at radius 1 is 0.938 bits per heavy atom. The van der Waals surface area contributed by atoms with Gasteiger partial charge in [0.1, 0.15) is 5.69 Å². The van der Waals surface area contributed by atoms with Gasteiger partial charge in [0.25, 0.3) is 0 Å². The molecule has 1 aliphatic rings. The SMILES string of the molecule is [O-][N+]1=Nc2ccccc2Cc2ccccc21. The molecule has 0 unspecified atom stereocenters. The summed E-state index contributed by atoms with van der Waals surface area (Å²) in [5, 5.41) is 15.9. The molecule has 0 spiro atoms. The fourth-order valence-corrected chi connectivity index (χ4v) is 1.96. The van der Waals surface area contributed by atoms with E-state index >= 15 is 0 Å². The van der Waals surface area contributed by atoms with E-state index in [1.807, 2.05) is 42.5 Å². The van der Waals surface area contributed by atoms with Crippen molar-refractivity contribution in [2.24, 2.45) is 5.11 Å². The van der Waals surface area contributed by atoms with E-state index in [2.05, 4.69) is 5.11 Å². The van der Waals surface area contributed by atoms with Crippen molar-refractivity contribution in [3.63, 3.8) is 0 Å². The van der Waals surface area contributed by atoms with Crippen LogP contribution < -0.4 is 0 Å². The molecule has 0 amide bonds. The van der Waals surface area contributed by atoms with E-state index in [9.17, 15) is 5.21 Å². The van der Waals surface area contributed by atoms with Crippen LogP contribution in [0.3, 0.4) is 0 Å². The molecule has 2 aromatic carbocycles. The molecule has 1 heterocycles. The normalized spacial score (nSPS) is 13.4. The lowest BCUT2D eigenvalue weighted by Gasteiger charge is -2.01. The van der Waals surface area contributed by atoms with Gasteiger partial charge in [0.15, 0.2) is 0 Å².